The van der Waals surface area contributed by atoms with Crippen LogP contribution in [0.2, 0.25) is 0 Å². The van der Waals surface area contributed by atoms with Gasteiger partial charge in [0, 0.05) is 23.6 Å². The minimum absolute atomic E-state index is 0.0688. The fourth-order valence-corrected chi connectivity index (χ4v) is 3.94. The molecule has 0 aromatic heterocycles. The Morgan fingerprint density at radius 1 is 1.29 bits per heavy atom. The van der Waals surface area contributed by atoms with Gasteiger partial charge < -0.3 is 15.0 Å². The molecule has 10 heteroatoms. The van der Waals surface area contributed by atoms with Gasteiger partial charge in [-0.05, 0) is 12.1 Å². The van der Waals surface area contributed by atoms with Gasteiger partial charge in [0.2, 0.25) is 5.91 Å². The molecule has 0 radical (unpaired) electrons. The van der Waals surface area contributed by atoms with Gasteiger partial charge >= 0.3 is 5.97 Å². The lowest BCUT2D eigenvalue weighted by Crippen LogP contribution is -2.52. The molecule has 2 aliphatic heterocycles. The molecule has 2 unspecified atom stereocenters. The summed E-state index contributed by atoms with van der Waals surface area (Å²) < 4.78 is 4.75. The Labute approximate surface area is 165 Å². The first-order chi connectivity index (χ1) is 13.5. The predicted molar refractivity (Wildman–Crippen MR) is 99.6 cm³/mol. The Morgan fingerprint density at radius 3 is 2.71 bits per heavy atom. The number of benzene rings is 1. The summed E-state index contributed by atoms with van der Waals surface area (Å²) >= 11 is 1.50. The van der Waals surface area contributed by atoms with E-state index in [1.54, 1.807) is 30.3 Å². The first-order valence-corrected chi connectivity index (χ1v) is 10.00. The fraction of sp³-hybridized carbons (Fsp3) is 0.444. The normalized spacial score (nSPS) is 22.4. The highest BCUT2D eigenvalue weighted by atomic mass is 32.2. The second-order valence-electron chi connectivity index (χ2n) is 6.51. The van der Waals surface area contributed by atoms with Crippen molar-refractivity contribution in [1.82, 2.24) is 15.3 Å². The van der Waals surface area contributed by atoms with Gasteiger partial charge in [0.15, 0.2) is 0 Å². The maximum atomic E-state index is 12.8. The van der Waals surface area contributed by atoms with E-state index >= 15 is 0 Å². The SMILES string of the molecule is O=C1CC(N(O)C(=O)CN2CCSCC(NC(=O)c3ccccc3)C2=O)CO1. The van der Waals surface area contributed by atoms with Gasteiger partial charge in [0.05, 0.1) is 6.42 Å². The minimum Gasteiger partial charge on any atom is -0.463 e. The number of nitrogens with zero attached hydrogens (tertiary/aromatic N) is 2. The van der Waals surface area contributed by atoms with Gasteiger partial charge in [0.1, 0.15) is 25.2 Å². The van der Waals surface area contributed by atoms with Crippen molar-refractivity contribution >= 4 is 35.5 Å². The quantitative estimate of drug-likeness (QED) is 0.398. The Balaban J connectivity index is 1.61. The molecule has 2 N–H and O–H groups in total. The number of rotatable bonds is 5. The Morgan fingerprint density at radius 2 is 2.04 bits per heavy atom. The molecule has 9 nitrogen and oxygen atoms in total. The van der Waals surface area contributed by atoms with Gasteiger partial charge in [-0.25, -0.2) is 5.06 Å². The third-order valence-corrected chi connectivity index (χ3v) is 5.55. The van der Waals surface area contributed by atoms with Gasteiger partial charge in [-0.15, -0.1) is 0 Å². The number of hydrogen-bond donors (Lipinski definition) is 2. The van der Waals surface area contributed by atoms with E-state index in [-0.39, 0.29) is 31.4 Å². The maximum absolute atomic E-state index is 12.8. The monoisotopic (exact) mass is 407 g/mol. The Bertz CT molecular complexity index is 759. The van der Waals surface area contributed by atoms with Crippen molar-refractivity contribution in [3.63, 3.8) is 0 Å². The largest absolute Gasteiger partial charge is 0.463 e. The van der Waals surface area contributed by atoms with E-state index in [2.05, 4.69) is 5.32 Å². The molecule has 1 aromatic carbocycles. The smallest absolute Gasteiger partial charge is 0.308 e. The second kappa shape index (κ2) is 9.07. The molecule has 2 fully saturated rings. The van der Waals surface area contributed by atoms with E-state index in [1.807, 2.05) is 0 Å². The van der Waals surface area contributed by atoms with Gasteiger partial charge in [-0.1, -0.05) is 18.2 Å². The second-order valence-corrected chi connectivity index (χ2v) is 7.66. The van der Waals surface area contributed by atoms with Crippen molar-refractivity contribution in [1.29, 1.82) is 0 Å². The molecular weight excluding hydrogens is 386 g/mol. The molecule has 3 rings (SSSR count). The van der Waals surface area contributed by atoms with Crippen molar-refractivity contribution in [2.24, 2.45) is 0 Å². The van der Waals surface area contributed by atoms with Crippen molar-refractivity contribution in [3.8, 4) is 0 Å². The van der Waals surface area contributed by atoms with Crippen LogP contribution in [0.25, 0.3) is 0 Å². The van der Waals surface area contributed by atoms with Crippen LogP contribution in [0.3, 0.4) is 0 Å². The summed E-state index contributed by atoms with van der Waals surface area (Å²) in [6, 6.07) is 7.05. The molecule has 2 saturated heterocycles. The third kappa shape index (κ3) is 4.82. The maximum Gasteiger partial charge on any atom is 0.308 e. The fourth-order valence-electron chi connectivity index (χ4n) is 2.97. The molecule has 0 saturated carbocycles. The van der Waals surface area contributed by atoms with E-state index in [0.29, 0.717) is 28.7 Å². The molecule has 0 bridgehead atoms. The number of cyclic esters (lactones) is 1. The zero-order valence-corrected chi connectivity index (χ0v) is 15.9. The van der Waals surface area contributed by atoms with Crippen molar-refractivity contribution in [2.75, 3.05) is 31.2 Å². The minimum atomic E-state index is -0.767. The number of thioether (sulfide) groups is 1. The number of ether oxygens (including phenoxy) is 1. The highest BCUT2D eigenvalue weighted by molar-refractivity contribution is 7.99. The molecular formula is C18H21N3O6S. The summed E-state index contributed by atoms with van der Waals surface area (Å²) in [5.74, 6) is -0.921. The number of hydroxylamine groups is 2. The van der Waals surface area contributed by atoms with Crippen LogP contribution in [0.15, 0.2) is 30.3 Å². The summed E-state index contributed by atoms with van der Waals surface area (Å²) in [4.78, 5) is 50.0. The van der Waals surface area contributed by atoms with E-state index < -0.39 is 24.0 Å². The lowest BCUT2D eigenvalue weighted by molar-refractivity contribution is -0.177. The van der Waals surface area contributed by atoms with E-state index in [4.69, 9.17) is 4.74 Å². The standard InChI is InChI=1S/C18H21N3O6S/c22-15(21(26)13-8-16(23)27-10-13)9-20-6-7-28-11-14(18(20)25)19-17(24)12-4-2-1-3-5-12/h1-5,13-14,26H,6-11H2,(H,19,24). The van der Waals surface area contributed by atoms with Crippen LogP contribution in [0.5, 0.6) is 0 Å². The number of carbonyl (C=O) groups excluding carboxylic acids is 4. The summed E-state index contributed by atoms with van der Waals surface area (Å²) in [6.07, 6.45) is -0.0816. The highest BCUT2D eigenvalue weighted by Crippen LogP contribution is 2.15. The Hall–Kier alpha value is -2.59. The van der Waals surface area contributed by atoms with Crippen LogP contribution < -0.4 is 5.32 Å². The number of carbonyl (C=O) groups is 4. The molecule has 150 valence electrons. The van der Waals surface area contributed by atoms with Crippen LogP contribution in [0.4, 0.5) is 0 Å². The van der Waals surface area contributed by atoms with Gasteiger partial charge in [-0.3, -0.25) is 24.4 Å². The molecule has 0 spiro atoms. The number of esters is 1. The van der Waals surface area contributed by atoms with E-state index in [1.165, 1.54) is 16.7 Å². The molecule has 2 heterocycles. The van der Waals surface area contributed by atoms with Gasteiger partial charge in [-0.2, -0.15) is 11.8 Å². The molecule has 2 atom stereocenters. The van der Waals surface area contributed by atoms with Gasteiger partial charge in [0.25, 0.3) is 11.8 Å². The van der Waals surface area contributed by atoms with Crippen molar-refractivity contribution < 1.29 is 29.1 Å². The van der Waals surface area contributed by atoms with Crippen LogP contribution in [0, 0.1) is 0 Å². The summed E-state index contributed by atoms with van der Waals surface area (Å²) in [7, 11) is 0. The lowest BCUT2D eigenvalue weighted by atomic mass is 10.2. The highest BCUT2D eigenvalue weighted by Gasteiger charge is 2.35. The van der Waals surface area contributed by atoms with E-state index in [9.17, 15) is 24.4 Å². The number of nitrogens with one attached hydrogen (secondary N) is 1. The summed E-state index contributed by atoms with van der Waals surface area (Å²) in [6.45, 7) is -0.0835. The number of amides is 3. The summed E-state index contributed by atoms with van der Waals surface area (Å²) in [5.41, 5.74) is 0.444. The van der Waals surface area contributed by atoms with Crippen molar-refractivity contribution in [3.05, 3.63) is 35.9 Å². The molecule has 1 aromatic rings. The molecule has 2 aliphatic rings. The summed E-state index contributed by atoms with van der Waals surface area (Å²) in [5, 5.41) is 13.2. The van der Waals surface area contributed by atoms with Crippen LogP contribution in [-0.2, 0) is 19.1 Å². The van der Waals surface area contributed by atoms with Crippen LogP contribution in [-0.4, -0.2) is 82.1 Å². The van der Waals surface area contributed by atoms with Crippen molar-refractivity contribution in [2.45, 2.75) is 18.5 Å². The molecule has 3 amide bonds. The number of hydrogen-bond acceptors (Lipinski definition) is 7. The third-order valence-electron chi connectivity index (χ3n) is 4.51. The average molecular weight is 407 g/mol. The van der Waals surface area contributed by atoms with Crippen LogP contribution in [0.1, 0.15) is 16.8 Å². The first kappa shape index (κ1) is 20.2. The Kier molecular flexibility index (Phi) is 6.53. The molecule has 0 aliphatic carbocycles. The lowest BCUT2D eigenvalue weighted by Gasteiger charge is -2.27. The van der Waals surface area contributed by atoms with E-state index in [0.717, 1.165) is 0 Å². The van der Waals surface area contributed by atoms with Crippen LogP contribution >= 0.6 is 11.8 Å². The average Bonchev–Trinajstić information content (AvgIpc) is 3.07. The predicted octanol–water partition coefficient (Wildman–Crippen LogP) is -0.106. The topological polar surface area (TPSA) is 116 Å². The zero-order valence-electron chi connectivity index (χ0n) is 15.1. The first-order valence-electron chi connectivity index (χ1n) is 8.84. The molecule has 28 heavy (non-hydrogen) atoms. The zero-order chi connectivity index (χ0) is 20.1.